The average molecular weight is 476 g/mol. The second-order valence-corrected chi connectivity index (χ2v) is 7.88. The fraction of sp³-hybridized carbons (Fsp3) is 0.115. The number of aromatic nitrogens is 4. The Hall–Kier alpha value is -4.40. The molecular weight excluding hydrogens is 457 g/mol. The number of hydrogen-bond acceptors (Lipinski definition) is 4. The molecule has 3 heterocycles. The molecule has 0 aliphatic rings. The van der Waals surface area contributed by atoms with Crippen LogP contribution in [0.15, 0.2) is 89.9 Å². The molecule has 0 unspecified atom stereocenters. The summed E-state index contributed by atoms with van der Waals surface area (Å²) in [7, 11) is 1.53. The number of alkyl halides is 3. The van der Waals surface area contributed by atoms with Crippen molar-refractivity contribution < 1.29 is 17.9 Å². The van der Waals surface area contributed by atoms with Crippen LogP contribution in [0.1, 0.15) is 11.3 Å². The molecular formula is C26H19F3N4O2. The Labute approximate surface area is 197 Å². The summed E-state index contributed by atoms with van der Waals surface area (Å²) < 4.78 is 47.2. The Morgan fingerprint density at radius 3 is 2.43 bits per heavy atom. The van der Waals surface area contributed by atoms with Gasteiger partial charge in [-0.25, -0.2) is 9.67 Å². The molecule has 5 aromatic rings. The number of halogens is 3. The number of benzene rings is 2. The third kappa shape index (κ3) is 4.40. The van der Waals surface area contributed by atoms with Gasteiger partial charge in [0.2, 0.25) is 5.88 Å². The largest absolute Gasteiger partial charge is 0.481 e. The molecule has 3 aromatic heterocycles. The molecule has 0 amide bonds. The number of pyridine rings is 2. The molecule has 0 radical (unpaired) electrons. The van der Waals surface area contributed by atoms with Gasteiger partial charge in [0.05, 0.1) is 36.1 Å². The number of fused-ring (bicyclic) bond motifs is 1. The smallest absolute Gasteiger partial charge is 0.416 e. The van der Waals surface area contributed by atoms with Crippen LogP contribution in [0.2, 0.25) is 0 Å². The van der Waals surface area contributed by atoms with Gasteiger partial charge in [-0.2, -0.15) is 18.3 Å². The summed E-state index contributed by atoms with van der Waals surface area (Å²) in [5.74, 6) is 0.465. The number of para-hydroxylation sites is 1. The first-order chi connectivity index (χ1) is 16.8. The normalized spacial score (nSPS) is 11.7. The second kappa shape index (κ2) is 8.75. The lowest BCUT2D eigenvalue weighted by Crippen LogP contribution is -2.19. The predicted octanol–water partition coefficient (Wildman–Crippen LogP) is 5.32. The van der Waals surface area contributed by atoms with E-state index in [0.717, 1.165) is 17.5 Å². The second-order valence-electron chi connectivity index (χ2n) is 7.88. The van der Waals surface area contributed by atoms with Crippen LogP contribution in [0, 0.1) is 0 Å². The van der Waals surface area contributed by atoms with E-state index in [4.69, 9.17) is 4.74 Å². The van der Waals surface area contributed by atoms with E-state index >= 15 is 0 Å². The van der Waals surface area contributed by atoms with E-state index in [1.807, 2.05) is 30.3 Å². The lowest BCUT2D eigenvalue weighted by Gasteiger charge is -2.08. The molecule has 2 aromatic carbocycles. The Morgan fingerprint density at radius 2 is 1.71 bits per heavy atom. The summed E-state index contributed by atoms with van der Waals surface area (Å²) in [6.07, 6.45) is -2.75. The van der Waals surface area contributed by atoms with Crippen LogP contribution < -0.4 is 10.3 Å². The van der Waals surface area contributed by atoms with E-state index < -0.39 is 11.7 Å². The van der Waals surface area contributed by atoms with E-state index in [2.05, 4.69) is 10.1 Å². The van der Waals surface area contributed by atoms with Gasteiger partial charge in [0.1, 0.15) is 5.69 Å². The number of nitrogens with zero attached hydrogens (tertiary/aromatic N) is 4. The van der Waals surface area contributed by atoms with E-state index in [1.165, 1.54) is 29.9 Å². The summed E-state index contributed by atoms with van der Waals surface area (Å²) in [5, 5.41) is 5.43. The molecule has 0 aliphatic carbocycles. The molecule has 0 atom stereocenters. The van der Waals surface area contributed by atoms with Gasteiger partial charge in [0, 0.05) is 29.3 Å². The van der Waals surface area contributed by atoms with Crippen LogP contribution in [-0.4, -0.2) is 26.4 Å². The van der Waals surface area contributed by atoms with Gasteiger partial charge in [0.15, 0.2) is 0 Å². The van der Waals surface area contributed by atoms with E-state index in [9.17, 15) is 18.0 Å². The number of methoxy groups -OCH3 is 1. The molecule has 0 bridgehead atoms. The fourth-order valence-corrected chi connectivity index (χ4v) is 3.89. The van der Waals surface area contributed by atoms with Crippen LogP contribution in [0.5, 0.6) is 5.88 Å². The molecule has 0 saturated carbocycles. The van der Waals surface area contributed by atoms with Crippen LogP contribution >= 0.6 is 0 Å². The van der Waals surface area contributed by atoms with Crippen LogP contribution in [0.3, 0.4) is 0 Å². The van der Waals surface area contributed by atoms with Gasteiger partial charge >= 0.3 is 6.18 Å². The van der Waals surface area contributed by atoms with Gasteiger partial charge in [-0.05, 0) is 42.5 Å². The Balaban J connectivity index is 1.53. The van der Waals surface area contributed by atoms with Crippen molar-refractivity contribution in [3.63, 3.8) is 0 Å². The van der Waals surface area contributed by atoms with Gasteiger partial charge in [-0.1, -0.05) is 24.3 Å². The molecule has 176 valence electrons. The molecule has 0 N–H and O–H groups in total. The van der Waals surface area contributed by atoms with Gasteiger partial charge < -0.3 is 9.30 Å². The highest BCUT2D eigenvalue weighted by Gasteiger charge is 2.30. The lowest BCUT2D eigenvalue weighted by atomic mass is 10.1. The standard InChI is InChI=1S/C26H19F3N4O2/c1-35-23-8-4-5-19(30-23)16-32-14-13-17(15-24(32)34)25-21-6-2-3-7-22(21)33(31-25)20-11-9-18(10-12-20)26(27,28)29/h2-15H,16H2,1H3. The maximum Gasteiger partial charge on any atom is 0.416 e. The lowest BCUT2D eigenvalue weighted by molar-refractivity contribution is -0.137. The summed E-state index contributed by atoms with van der Waals surface area (Å²) in [6.45, 7) is 0.275. The molecule has 0 spiro atoms. The quantitative estimate of drug-likeness (QED) is 0.344. The number of hydrogen-bond donors (Lipinski definition) is 0. The zero-order valence-electron chi connectivity index (χ0n) is 18.5. The SMILES string of the molecule is COc1cccc(Cn2ccc(-c3nn(-c4ccc(C(F)(F)F)cc4)c4ccccc34)cc2=O)n1. The first-order valence-electron chi connectivity index (χ1n) is 10.7. The van der Waals surface area contributed by atoms with Gasteiger partial charge in [0.25, 0.3) is 5.56 Å². The van der Waals surface area contributed by atoms with Crippen molar-refractivity contribution in [2.24, 2.45) is 0 Å². The molecule has 0 aliphatic heterocycles. The molecule has 9 heteroatoms. The summed E-state index contributed by atoms with van der Waals surface area (Å²) in [6, 6.07) is 20.8. The van der Waals surface area contributed by atoms with Gasteiger partial charge in [-0.3, -0.25) is 4.79 Å². The Kier molecular flexibility index (Phi) is 5.60. The Bertz CT molecular complexity index is 1570. The van der Waals surface area contributed by atoms with Crippen molar-refractivity contribution in [2.75, 3.05) is 7.11 Å². The number of ether oxygens (including phenoxy) is 1. The van der Waals surface area contributed by atoms with Crippen molar-refractivity contribution >= 4 is 10.9 Å². The topological polar surface area (TPSA) is 61.9 Å². The molecule has 6 nitrogen and oxygen atoms in total. The first kappa shape index (κ1) is 22.4. The minimum atomic E-state index is -4.42. The monoisotopic (exact) mass is 476 g/mol. The van der Waals surface area contributed by atoms with E-state index in [1.54, 1.807) is 29.1 Å². The van der Waals surface area contributed by atoms with Crippen molar-refractivity contribution in [3.8, 4) is 22.8 Å². The zero-order valence-corrected chi connectivity index (χ0v) is 18.5. The summed E-state index contributed by atoms with van der Waals surface area (Å²) >= 11 is 0. The fourth-order valence-electron chi connectivity index (χ4n) is 3.89. The summed E-state index contributed by atoms with van der Waals surface area (Å²) in [4.78, 5) is 17.2. The molecule has 35 heavy (non-hydrogen) atoms. The predicted molar refractivity (Wildman–Crippen MR) is 126 cm³/mol. The highest BCUT2D eigenvalue weighted by molar-refractivity contribution is 5.94. The minimum absolute atomic E-state index is 0.236. The highest BCUT2D eigenvalue weighted by Crippen LogP contribution is 2.32. The molecule has 0 fully saturated rings. The van der Waals surface area contributed by atoms with Crippen molar-refractivity contribution in [3.05, 3.63) is 107 Å². The van der Waals surface area contributed by atoms with E-state index in [-0.39, 0.29) is 12.1 Å². The molecule has 5 rings (SSSR count). The van der Waals surface area contributed by atoms with Gasteiger partial charge in [-0.15, -0.1) is 0 Å². The average Bonchev–Trinajstić information content (AvgIpc) is 3.25. The van der Waals surface area contributed by atoms with Crippen LogP contribution in [0.4, 0.5) is 13.2 Å². The molecule has 0 saturated heterocycles. The summed E-state index contributed by atoms with van der Waals surface area (Å²) in [5.41, 5.74) is 2.07. The van der Waals surface area contributed by atoms with Crippen LogP contribution in [-0.2, 0) is 12.7 Å². The van der Waals surface area contributed by atoms with Crippen molar-refractivity contribution in [2.45, 2.75) is 12.7 Å². The maximum atomic E-state index is 13.0. The highest BCUT2D eigenvalue weighted by atomic mass is 19.4. The Morgan fingerprint density at radius 1 is 0.943 bits per heavy atom. The van der Waals surface area contributed by atoms with Crippen molar-refractivity contribution in [1.29, 1.82) is 0 Å². The van der Waals surface area contributed by atoms with E-state index in [0.29, 0.717) is 34.0 Å². The van der Waals surface area contributed by atoms with Crippen LogP contribution in [0.25, 0.3) is 27.8 Å². The maximum absolute atomic E-state index is 13.0. The zero-order chi connectivity index (χ0) is 24.6. The third-order valence-electron chi connectivity index (χ3n) is 5.62. The van der Waals surface area contributed by atoms with Crippen molar-refractivity contribution in [1.82, 2.24) is 19.3 Å². The third-order valence-corrected chi connectivity index (χ3v) is 5.62. The minimum Gasteiger partial charge on any atom is -0.481 e. The first-order valence-corrected chi connectivity index (χ1v) is 10.7. The number of rotatable bonds is 5.